The quantitative estimate of drug-likeness (QED) is 0.795. The highest BCUT2D eigenvalue weighted by Crippen LogP contribution is 2.22. The number of nitrogens with zero attached hydrogens (tertiary/aromatic N) is 2. The summed E-state index contributed by atoms with van der Waals surface area (Å²) in [5.41, 5.74) is 0. The summed E-state index contributed by atoms with van der Waals surface area (Å²) in [6.07, 6.45) is 8.12. The average molecular weight is 288 g/mol. The molecule has 2 heterocycles. The summed E-state index contributed by atoms with van der Waals surface area (Å²) in [6.45, 7) is 5.71. The smallest absolute Gasteiger partial charge is 0.214 e. The van der Waals surface area contributed by atoms with Gasteiger partial charge < -0.3 is 0 Å². The maximum atomic E-state index is 12.2. The Morgan fingerprint density at radius 1 is 1.00 bits per heavy atom. The molecule has 0 aliphatic carbocycles. The first-order valence-corrected chi connectivity index (χ1v) is 9.46. The molecule has 2 fully saturated rings. The third kappa shape index (κ3) is 4.17. The van der Waals surface area contributed by atoms with Gasteiger partial charge in [0.05, 0.1) is 5.75 Å². The first-order valence-electron chi connectivity index (χ1n) is 7.85. The molecule has 5 heteroatoms. The van der Waals surface area contributed by atoms with Crippen molar-refractivity contribution in [3.8, 4) is 0 Å². The Morgan fingerprint density at radius 2 is 1.68 bits per heavy atom. The summed E-state index contributed by atoms with van der Waals surface area (Å²) >= 11 is 0. The normalized spacial score (nSPS) is 28.2. The van der Waals surface area contributed by atoms with E-state index in [1.54, 1.807) is 4.31 Å². The molecule has 0 amide bonds. The summed E-state index contributed by atoms with van der Waals surface area (Å²) in [6, 6.07) is 0.457. The van der Waals surface area contributed by atoms with Crippen LogP contribution in [-0.2, 0) is 10.0 Å². The second-order valence-electron chi connectivity index (χ2n) is 5.92. The van der Waals surface area contributed by atoms with Crippen LogP contribution in [0.2, 0.25) is 0 Å². The summed E-state index contributed by atoms with van der Waals surface area (Å²) in [5, 5.41) is 0. The molecule has 0 aromatic heterocycles. The van der Waals surface area contributed by atoms with Crippen molar-refractivity contribution in [2.45, 2.75) is 57.9 Å². The van der Waals surface area contributed by atoms with Gasteiger partial charge in [-0.05, 0) is 45.2 Å². The summed E-state index contributed by atoms with van der Waals surface area (Å²) < 4.78 is 26.1. The number of hydrogen-bond donors (Lipinski definition) is 0. The van der Waals surface area contributed by atoms with E-state index in [1.807, 2.05) is 6.92 Å². The first kappa shape index (κ1) is 15.3. The van der Waals surface area contributed by atoms with Crippen molar-refractivity contribution in [3.63, 3.8) is 0 Å². The third-order valence-corrected chi connectivity index (χ3v) is 6.41. The molecule has 2 aliphatic heterocycles. The predicted molar refractivity (Wildman–Crippen MR) is 78.7 cm³/mol. The molecule has 1 atom stereocenters. The van der Waals surface area contributed by atoms with E-state index in [-0.39, 0.29) is 0 Å². The van der Waals surface area contributed by atoms with Crippen molar-refractivity contribution >= 4 is 10.0 Å². The van der Waals surface area contributed by atoms with E-state index >= 15 is 0 Å². The third-order valence-electron chi connectivity index (χ3n) is 4.37. The van der Waals surface area contributed by atoms with Crippen LogP contribution in [0, 0.1) is 0 Å². The number of rotatable bonds is 4. The Morgan fingerprint density at radius 3 is 2.32 bits per heavy atom. The topological polar surface area (TPSA) is 40.6 Å². The molecule has 2 aliphatic rings. The molecule has 0 radical (unpaired) electrons. The Labute approximate surface area is 118 Å². The minimum absolute atomic E-state index is 0.305. The van der Waals surface area contributed by atoms with Crippen LogP contribution in [-0.4, -0.2) is 55.6 Å². The number of hydrogen-bond acceptors (Lipinski definition) is 3. The van der Waals surface area contributed by atoms with Gasteiger partial charge in [-0.1, -0.05) is 19.8 Å². The molecule has 112 valence electrons. The van der Waals surface area contributed by atoms with E-state index in [4.69, 9.17) is 0 Å². The minimum Gasteiger partial charge on any atom is -0.299 e. The van der Waals surface area contributed by atoms with Gasteiger partial charge >= 0.3 is 0 Å². The van der Waals surface area contributed by atoms with Crippen molar-refractivity contribution in [1.82, 2.24) is 9.21 Å². The second-order valence-corrected chi connectivity index (χ2v) is 8.01. The lowest BCUT2D eigenvalue weighted by atomic mass is 10.1. The lowest BCUT2D eigenvalue weighted by Crippen LogP contribution is -2.50. The Bertz CT molecular complexity index is 362. The second kappa shape index (κ2) is 7.04. The van der Waals surface area contributed by atoms with Gasteiger partial charge in [0.2, 0.25) is 10.0 Å². The average Bonchev–Trinajstić information content (AvgIpc) is 2.68. The fraction of sp³-hybridized carbons (Fsp3) is 1.00. The lowest BCUT2D eigenvalue weighted by Gasteiger charge is -2.38. The fourth-order valence-corrected chi connectivity index (χ4v) is 4.90. The molecule has 19 heavy (non-hydrogen) atoms. The molecule has 0 spiro atoms. The molecule has 2 rings (SSSR count). The highest BCUT2D eigenvalue weighted by Gasteiger charge is 2.31. The summed E-state index contributed by atoms with van der Waals surface area (Å²) in [4.78, 5) is 2.54. The predicted octanol–water partition coefficient (Wildman–Crippen LogP) is 2.07. The maximum Gasteiger partial charge on any atom is 0.214 e. The highest BCUT2D eigenvalue weighted by molar-refractivity contribution is 7.89. The van der Waals surface area contributed by atoms with E-state index in [0.29, 0.717) is 18.2 Å². The Hall–Kier alpha value is -0.130. The van der Waals surface area contributed by atoms with Gasteiger partial charge in [-0.3, -0.25) is 4.90 Å². The van der Waals surface area contributed by atoms with E-state index in [2.05, 4.69) is 4.90 Å². The van der Waals surface area contributed by atoms with Gasteiger partial charge in [0.15, 0.2) is 0 Å². The molecular weight excluding hydrogens is 260 g/mol. The van der Waals surface area contributed by atoms with Crippen molar-refractivity contribution < 1.29 is 8.42 Å². The van der Waals surface area contributed by atoms with Gasteiger partial charge in [0, 0.05) is 19.1 Å². The zero-order valence-electron chi connectivity index (χ0n) is 12.2. The largest absolute Gasteiger partial charge is 0.299 e. The van der Waals surface area contributed by atoms with E-state index in [9.17, 15) is 8.42 Å². The Kier molecular flexibility index (Phi) is 5.66. The minimum atomic E-state index is -3.01. The molecular formula is C14H28N2O2S. The van der Waals surface area contributed by atoms with Crippen LogP contribution in [0.1, 0.15) is 51.9 Å². The molecule has 0 saturated carbocycles. The van der Waals surface area contributed by atoms with Crippen LogP contribution in [0.25, 0.3) is 0 Å². The molecule has 0 unspecified atom stereocenters. The van der Waals surface area contributed by atoms with Crippen molar-refractivity contribution in [1.29, 1.82) is 0 Å². The molecule has 0 N–H and O–H groups in total. The number of sulfonamides is 1. The van der Waals surface area contributed by atoms with Crippen LogP contribution >= 0.6 is 0 Å². The molecule has 0 aromatic rings. The van der Waals surface area contributed by atoms with Crippen LogP contribution < -0.4 is 0 Å². The van der Waals surface area contributed by atoms with Crippen molar-refractivity contribution in [2.75, 3.05) is 31.9 Å². The van der Waals surface area contributed by atoms with Gasteiger partial charge in [-0.15, -0.1) is 0 Å². The van der Waals surface area contributed by atoms with Crippen molar-refractivity contribution in [2.24, 2.45) is 0 Å². The molecule has 2 saturated heterocycles. The van der Waals surface area contributed by atoms with Gasteiger partial charge in [-0.25, -0.2) is 12.7 Å². The number of piperidine rings is 1. The zero-order valence-corrected chi connectivity index (χ0v) is 13.0. The first-order chi connectivity index (χ1) is 9.13. The van der Waals surface area contributed by atoms with Gasteiger partial charge in [-0.2, -0.15) is 0 Å². The monoisotopic (exact) mass is 288 g/mol. The van der Waals surface area contributed by atoms with Gasteiger partial charge in [0.25, 0.3) is 0 Å². The SMILES string of the molecule is CCCS(=O)(=O)N1CCC[C@H](N2CCCCCC2)C1. The van der Waals surface area contributed by atoms with E-state index in [0.717, 1.165) is 39.0 Å². The van der Waals surface area contributed by atoms with E-state index < -0.39 is 10.0 Å². The molecule has 4 nitrogen and oxygen atoms in total. The van der Waals surface area contributed by atoms with Crippen LogP contribution in [0.3, 0.4) is 0 Å². The van der Waals surface area contributed by atoms with Crippen LogP contribution in [0.5, 0.6) is 0 Å². The molecule has 0 aromatic carbocycles. The molecule has 0 bridgehead atoms. The number of likely N-dealkylation sites (tertiary alicyclic amines) is 1. The fourth-order valence-electron chi connectivity index (χ4n) is 3.32. The van der Waals surface area contributed by atoms with E-state index in [1.165, 1.54) is 25.7 Å². The standard InChI is InChI=1S/C14H28N2O2S/c1-2-12-19(17,18)16-11-7-8-14(13-16)15-9-5-3-4-6-10-15/h14H,2-13H2,1H3/t14-/m0/s1. The van der Waals surface area contributed by atoms with Gasteiger partial charge in [0.1, 0.15) is 0 Å². The zero-order chi connectivity index (χ0) is 13.7. The summed E-state index contributed by atoms with van der Waals surface area (Å²) in [5.74, 6) is 0.305. The summed E-state index contributed by atoms with van der Waals surface area (Å²) in [7, 11) is -3.01. The van der Waals surface area contributed by atoms with Crippen LogP contribution in [0.15, 0.2) is 0 Å². The van der Waals surface area contributed by atoms with Crippen LogP contribution in [0.4, 0.5) is 0 Å². The maximum absolute atomic E-state index is 12.2. The van der Waals surface area contributed by atoms with Crippen molar-refractivity contribution in [3.05, 3.63) is 0 Å². The highest BCUT2D eigenvalue weighted by atomic mass is 32.2. The Balaban J connectivity index is 1.96. The lowest BCUT2D eigenvalue weighted by molar-refractivity contribution is 0.139.